The van der Waals surface area contributed by atoms with Crippen LogP contribution in [0.4, 0.5) is 13.2 Å². The highest BCUT2D eigenvalue weighted by molar-refractivity contribution is 9.10. The molecule has 4 nitrogen and oxygen atoms in total. The van der Waals surface area contributed by atoms with E-state index in [1.807, 2.05) is 13.8 Å². The standard InChI is InChI=1S/C12H10BrClF3N3O/c1-6(2)20-11(18-10(13)19-20)21-7-3-4-9(14)8(5-7)12(15,16)17/h3-6H,1-2H3. The van der Waals surface area contributed by atoms with Crippen LogP contribution in [0.2, 0.25) is 5.02 Å². The first-order valence-electron chi connectivity index (χ1n) is 5.85. The monoisotopic (exact) mass is 383 g/mol. The Kier molecular flexibility index (Phi) is 4.48. The van der Waals surface area contributed by atoms with E-state index in [0.29, 0.717) is 0 Å². The molecule has 0 radical (unpaired) electrons. The molecule has 1 aromatic heterocycles. The molecule has 0 N–H and O–H groups in total. The van der Waals surface area contributed by atoms with Gasteiger partial charge in [0.1, 0.15) is 5.75 Å². The number of nitrogens with zero attached hydrogens (tertiary/aromatic N) is 3. The fourth-order valence-electron chi connectivity index (χ4n) is 1.58. The van der Waals surface area contributed by atoms with Gasteiger partial charge in [-0.1, -0.05) is 11.6 Å². The SMILES string of the molecule is CC(C)n1nc(Br)nc1Oc1ccc(Cl)c(C(F)(F)F)c1. The van der Waals surface area contributed by atoms with Crippen LogP contribution in [0.3, 0.4) is 0 Å². The van der Waals surface area contributed by atoms with Crippen molar-refractivity contribution in [3.05, 3.63) is 33.5 Å². The van der Waals surface area contributed by atoms with Gasteiger partial charge in [0.15, 0.2) is 0 Å². The van der Waals surface area contributed by atoms with E-state index in [0.717, 1.165) is 12.1 Å². The van der Waals surface area contributed by atoms with Crippen molar-refractivity contribution in [2.45, 2.75) is 26.1 Å². The van der Waals surface area contributed by atoms with Crippen LogP contribution >= 0.6 is 27.5 Å². The molecule has 21 heavy (non-hydrogen) atoms. The van der Waals surface area contributed by atoms with Gasteiger partial charge in [-0.3, -0.25) is 0 Å². The highest BCUT2D eigenvalue weighted by atomic mass is 79.9. The number of hydrogen-bond acceptors (Lipinski definition) is 3. The molecule has 0 fully saturated rings. The zero-order valence-corrected chi connectivity index (χ0v) is 13.3. The van der Waals surface area contributed by atoms with Crippen molar-refractivity contribution < 1.29 is 17.9 Å². The molecule has 0 bridgehead atoms. The van der Waals surface area contributed by atoms with Gasteiger partial charge in [-0.05, 0) is 48.0 Å². The summed E-state index contributed by atoms with van der Waals surface area (Å²) in [5.74, 6) is -0.0199. The first kappa shape index (κ1) is 16.1. The summed E-state index contributed by atoms with van der Waals surface area (Å²) < 4.78 is 45.5. The predicted molar refractivity (Wildman–Crippen MR) is 74.6 cm³/mol. The summed E-state index contributed by atoms with van der Waals surface area (Å²) in [4.78, 5) is 3.97. The maximum absolute atomic E-state index is 12.8. The molecule has 0 amide bonds. The second-order valence-corrected chi connectivity index (χ2v) is 5.56. The van der Waals surface area contributed by atoms with Crippen LogP contribution in [0, 0.1) is 0 Å². The van der Waals surface area contributed by atoms with Gasteiger partial charge in [-0.15, -0.1) is 5.10 Å². The van der Waals surface area contributed by atoms with E-state index in [4.69, 9.17) is 16.3 Å². The molecule has 2 aromatic rings. The minimum absolute atomic E-state index is 0.0199. The Labute approximate surface area is 132 Å². The first-order valence-corrected chi connectivity index (χ1v) is 7.02. The van der Waals surface area contributed by atoms with Crippen molar-refractivity contribution in [1.82, 2.24) is 14.8 Å². The zero-order valence-electron chi connectivity index (χ0n) is 10.9. The van der Waals surface area contributed by atoms with E-state index >= 15 is 0 Å². The molecule has 0 aliphatic rings. The zero-order chi connectivity index (χ0) is 15.8. The average Bonchev–Trinajstić information content (AvgIpc) is 2.71. The van der Waals surface area contributed by atoms with Gasteiger partial charge in [0.2, 0.25) is 4.73 Å². The number of hydrogen-bond donors (Lipinski definition) is 0. The molecule has 1 aromatic carbocycles. The smallest absolute Gasteiger partial charge is 0.417 e. The van der Waals surface area contributed by atoms with Gasteiger partial charge >= 0.3 is 12.2 Å². The van der Waals surface area contributed by atoms with Gasteiger partial charge < -0.3 is 4.74 Å². The third-order valence-corrected chi connectivity index (χ3v) is 3.18. The number of alkyl halides is 3. The lowest BCUT2D eigenvalue weighted by atomic mass is 10.2. The van der Waals surface area contributed by atoms with Crippen LogP contribution in [-0.2, 0) is 6.18 Å². The molecule has 9 heteroatoms. The normalized spacial score (nSPS) is 12.0. The minimum atomic E-state index is -4.55. The van der Waals surface area contributed by atoms with Crippen molar-refractivity contribution in [2.75, 3.05) is 0 Å². The highest BCUT2D eigenvalue weighted by Gasteiger charge is 2.33. The fourth-order valence-corrected chi connectivity index (χ4v) is 2.13. The summed E-state index contributed by atoms with van der Waals surface area (Å²) in [6, 6.07) is 3.33. The lowest BCUT2D eigenvalue weighted by molar-refractivity contribution is -0.137. The molecule has 1 heterocycles. The Morgan fingerprint density at radius 1 is 1.33 bits per heavy atom. The molecule has 2 rings (SSSR count). The largest absolute Gasteiger partial charge is 0.424 e. The van der Waals surface area contributed by atoms with Crippen molar-refractivity contribution in [3.63, 3.8) is 0 Å². The Morgan fingerprint density at radius 2 is 2.00 bits per heavy atom. The summed E-state index contributed by atoms with van der Waals surface area (Å²) >= 11 is 8.65. The third-order valence-electron chi connectivity index (χ3n) is 2.52. The van der Waals surface area contributed by atoms with Crippen LogP contribution in [0.5, 0.6) is 11.8 Å². The lowest BCUT2D eigenvalue weighted by Crippen LogP contribution is -2.07. The van der Waals surface area contributed by atoms with E-state index < -0.39 is 11.7 Å². The van der Waals surface area contributed by atoms with Gasteiger partial charge in [-0.25, -0.2) is 4.68 Å². The second kappa shape index (κ2) is 5.84. The maximum Gasteiger partial charge on any atom is 0.417 e. The molecular formula is C12H10BrClF3N3O. The third kappa shape index (κ3) is 3.68. The average molecular weight is 385 g/mol. The van der Waals surface area contributed by atoms with E-state index in [-0.39, 0.29) is 27.6 Å². The van der Waals surface area contributed by atoms with Crippen molar-refractivity contribution in [3.8, 4) is 11.8 Å². The highest BCUT2D eigenvalue weighted by Crippen LogP contribution is 2.37. The molecule has 0 spiro atoms. The van der Waals surface area contributed by atoms with Crippen LogP contribution in [0.15, 0.2) is 22.9 Å². The molecular weight excluding hydrogens is 375 g/mol. The number of benzene rings is 1. The summed E-state index contributed by atoms with van der Waals surface area (Å²) in [6.45, 7) is 3.69. The van der Waals surface area contributed by atoms with E-state index in [1.54, 1.807) is 0 Å². The Hall–Kier alpha value is -1.28. The number of ether oxygens (including phenoxy) is 1. The van der Waals surface area contributed by atoms with Gasteiger partial charge in [0, 0.05) is 0 Å². The Morgan fingerprint density at radius 3 is 2.57 bits per heavy atom. The molecule has 0 saturated carbocycles. The van der Waals surface area contributed by atoms with Crippen molar-refractivity contribution in [2.24, 2.45) is 0 Å². The maximum atomic E-state index is 12.8. The molecule has 0 atom stereocenters. The van der Waals surface area contributed by atoms with Crippen LogP contribution < -0.4 is 4.74 Å². The Bertz CT molecular complexity index is 658. The first-order chi connectivity index (χ1) is 9.68. The summed E-state index contributed by atoms with van der Waals surface area (Å²) in [5, 5.41) is 3.66. The minimum Gasteiger partial charge on any atom is -0.424 e. The topological polar surface area (TPSA) is 39.9 Å². The summed E-state index contributed by atoms with van der Waals surface area (Å²) in [7, 11) is 0. The molecule has 0 aliphatic heterocycles. The van der Waals surface area contributed by atoms with Crippen LogP contribution in [0.1, 0.15) is 25.5 Å². The summed E-state index contributed by atoms with van der Waals surface area (Å²) in [5.41, 5.74) is -0.962. The van der Waals surface area contributed by atoms with Gasteiger partial charge in [-0.2, -0.15) is 18.2 Å². The van der Waals surface area contributed by atoms with Crippen molar-refractivity contribution in [1.29, 1.82) is 0 Å². The molecule has 0 saturated heterocycles. The predicted octanol–water partition coefficient (Wildman–Crippen LogP) is 5.09. The molecule has 0 aliphatic carbocycles. The van der Waals surface area contributed by atoms with Crippen molar-refractivity contribution >= 4 is 27.5 Å². The van der Waals surface area contributed by atoms with E-state index in [1.165, 1.54) is 10.7 Å². The molecule has 114 valence electrons. The van der Waals surface area contributed by atoms with Gasteiger partial charge in [0.25, 0.3) is 0 Å². The quantitative estimate of drug-likeness (QED) is 0.740. The Balaban J connectivity index is 2.37. The fraction of sp³-hybridized carbons (Fsp3) is 0.333. The second-order valence-electron chi connectivity index (χ2n) is 4.44. The van der Waals surface area contributed by atoms with E-state index in [2.05, 4.69) is 26.0 Å². The van der Waals surface area contributed by atoms with Crippen LogP contribution in [-0.4, -0.2) is 14.8 Å². The van der Waals surface area contributed by atoms with Crippen LogP contribution in [0.25, 0.3) is 0 Å². The molecule has 0 unspecified atom stereocenters. The summed E-state index contributed by atoms with van der Waals surface area (Å²) in [6.07, 6.45) is -4.55. The lowest BCUT2D eigenvalue weighted by Gasteiger charge is -2.12. The number of halogens is 5. The number of rotatable bonds is 3. The number of aromatic nitrogens is 3. The van der Waals surface area contributed by atoms with E-state index in [9.17, 15) is 13.2 Å². The van der Waals surface area contributed by atoms with Gasteiger partial charge in [0.05, 0.1) is 16.6 Å².